The van der Waals surface area contributed by atoms with Crippen LogP contribution in [0.15, 0.2) is 59.9 Å². The van der Waals surface area contributed by atoms with Crippen molar-refractivity contribution in [2.45, 2.75) is 76.2 Å². The number of pyridine rings is 4. The number of rotatable bonds is 8. The summed E-state index contributed by atoms with van der Waals surface area (Å²) in [6, 6.07) is 12.5. The zero-order valence-electron chi connectivity index (χ0n) is 27.7. The Balaban J connectivity index is 1.33. The maximum Gasteiger partial charge on any atom is 0.181 e. The highest BCUT2D eigenvalue weighted by molar-refractivity contribution is 7.92. The fourth-order valence-corrected chi connectivity index (χ4v) is 11.2. The predicted octanol–water partition coefficient (Wildman–Crippen LogP) is 8.11. The third-order valence-electron chi connectivity index (χ3n) is 10.4. The SMILES string of the molecule is Cc1ccnc(-c2c(CCC3CCOCC3)nc3c(c2-c2cc4ccnc(NC5CCc6ncccc65)c4s2)S(=O)(=O)C[C@@H]3C(C)C)c1. The quantitative estimate of drug-likeness (QED) is 0.175. The number of aromatic nitrogens is 4. The van der Waals surface area contributed by atoms with Gasteiger partial charge in [-0.2, -0.15) is 0 Å². The van der Waals surface area contributed by atoms with Crippen molar-refractivity contribution >= 4 is 37.1 Å². The van der Waals surface area contributed by atoms with Gasteiger partial charge in [0.25, 0.3) is 0 Å². The highest BCUT2D eigenvalue weighted by Gasteiger charge is 2.42. The minimum Gasteiger partial charge on any atom is -0.381 e. The minimum atomic E-state index is -3.61. The Kier molecular flexibility index (Phi) is 8.29. The fourth-order valence-electron chi connectivity index (χ4n) is 7.77. The summed E-state index contributed by atoms with van der Waals surface area (Å²) in [5.74, 6) is 1.43. The first kappa shape index (κ1) is 31.5. The zero-order valence-corrected chi connectivity index (χ0v) is 29.3. The number of fused-ring (bicyclic) bond motifs is 3. The van der Waals surface area contributed by atoms with E-state index in [0.717, 1.165) is 112 Å². The van der Waals surface area contributed by atoms with Gasteiger partial charge in [0.15, 0.2) is 9.84 Å². The monoisotopic (exact) mass is 679 g/mol. The van der Waals surface area contributed by atoms with E-state index >= 15 is 0 Å². The van der Waals surface area contributed by atoms with Gasteiger partial charge in [-0.15, -0.1) is 11.3 Å². The van der Waals surface area contributed by atoms with Crippen molar-refractivity contribution in [2.75, 3.05) is 24.3 Å². The summed E-state index contributed by atoms with van der Waals surface area (Å²) in [5, 5.41) is 4.76. The Bertz CT molecular complexity index is 2120. The van der Waals surface area contributed by atoms with Gasteiger partial charge in [-0.1, -0.05) is 19.9 Å². The first-order valence-electron chi connectivity index (χ1n) is 17.2. The summed E-state index contributed by atoms with van der Waals surface area (Å²) in [4.78, 5) is 20.9. The van der Waals surface area contributed by atoms with Crippen LogP contribution < -0.4 is 5.32 Å². The first-order valence-corrected chi connectivity index (χ1v) is 19.6. The number of nitrogens with zero attached hydrogens (tertiary/aromatic N) is 4. The molecule has 2 atom stereocenters. The molecular formula is C38H41N5O3S2. The van der Waals surface area contributed by atoms with Crippen LogP contribution in [0, 0.1) is 18.8 Å². The second-order valence-electron chi connectivity index (χ2n) is 13.9. The first-order chi connectivity index (χ1) is 23.3. The summed E-state index contributed by atoms with van der Waals surface area (Å²) in [6.07, 6.45) is 11.2. The van der Waals surface area contributed by atoms with Gasteiger partial charge in [0.2, 0.25) is 0 Å². The fraction of sp³-hybridized carbons (Fsp3) is 0.421. The van der Waals surface area contributed by atoms with Crippen LogP contribution >= 0.6 is 11.3 Å². The number of sulfone groups is 1. The normalized spacial score (nSPS) is 20.3. The lowest BCUT2D eigenvalue weighted by Gasteiger charge is -2.23. The van der Waals surface area contributed by atoms with Crippen LogP contribution in [0.1, 0.15) is 79.7 Å². The lowest BCUT2D eigenvalue weighted by molar-refractivity contribution is 0.0639. The van der Waals surface area contributed by atoms with E-state index in [4.69, 9.17) is 19.7 Å². The van der Waals surface area contributed by atoms with E-state index in [1.165, 1.54) is 5.56 Å². The second-order valence-corrected chi connectivity index (χ2v) is 17.0. The molecule has 1 unspecified atom stereocenters. The molecular weight excluding hydrogens is 639 g/mol. The van der Waals surface area contributed by atoms with Gasteiger partial charge in [0, 0.05) is 59.4 Å². The highest BCUT2D eigenvalue weighted by atomic mass is 32.2. The van der Waals surface area contributed by atoms with E-state index in [-0.39, 0.29) is 23.6 Å². The maximum absolute atomic E-state index is 14.3. The van der Waals surface area contributed by atoms with Gasteiger partial charge in [0.05, 0.1) is 38.5 Å². The summed E-state index contributed by atoms with van der Waals surface area (Å²) in [7, 11) is -3.61. The van der Waals surface area contributed by atoms with Crippen LogP contribution in [-0.2, 0) is 27.4 Å². The van der Waals surface area contributed by atoms with E-state index in [0.29, 0.717) is 10.8 Å². The smallest absolute Gasteiger partial charge is 0.181 e. The molecule has 48 heavy (non-hydrogen) atoms. The highest BCUT2D eigenvalue weighted by Crippen LogP contribution is 2.51. The lowest BCUT2D eigenvalue weighted by Crippen LogP contribution is -2.17. The number of thiophene rings is 1. The zero-order chi connectivity index (χ0) is 33.0. The van der Waals surface area contributed by atoms with E-state index in [1.807, 2.05) is 36.8 Å². The third-order valence-corrected chi connectivity index (χ3v) is 13.4. The second kappa shape index (κ2) is 12.6. The van der Waals surface area contributed by atoms with Gasteiger partial charge in [0.1, 0.15) is 5.82 Å². The molecule has 1 fully saturated rings. The van der Waals surface area contributed by atoms with Crippen molar-refractivity contribution in [1.29, 1.82) is 0 Å². The third kappa shape index (κ3) is 5.71. The van der Waals surface area contributed by atoms with Gasteiger partial charge < -0.3 is 10.1 Å². The van der Waals surface area contributed by atoms with Crippen molar-refractivity contribution in [3.8, 4) is 21.7 Å². The number of hydrogen-bond acceptors (Lipinski definition) is 9. The summed E-state index contributed by atoms with van der Waals surface area (Å²) in [5.41, 5.74) is 7.47. The summed E-state index contributed by atoms with van der Waals surface area (Å²) in [6.45, 7) is 7.85. The maximum atomic E-state index is 14.3. The van der Waals surface area contributed by atoms with Crippen LogP contribution in [0.5, 0.6) is 0 Å². The van der Waals surface area contributed by atoms with Crippen LogP contribution in [0.2, 0.25) is 0 Å². The van der Waals surface area contributed by atoms with Gasteiger partial charge in [-0.25, -0.2) is 13.4 Å². The van der Waals surface area contributed by atoms with E-state index in [1.54, 1.807) is 11.3 Å². The molecule has 248 valence electrons. The molecule has 0 bridgehead atoms. The number of anilines is 1. The Labute approximate surface area is 286 Å². The number of nitrogens with one attached hydrogen (secondary N) is 1. The standard InChI is InChI=1S/C38H41N5O3S2/c1-22(2)27-21-48(44,45)37-34(32-20-25-11-16-41-38(36(25)47-32)43-29-9-8-28-26(29)5-4-14-39-28)33(31-19-23(3)10-15-40-31)30(42-35(27)37)7-6-24-12-17-46-18-13-24/h4-5,10-11,14-16,19-20,22,24,27,29H,6-9,12-13,17-18,21H2,1-3H3,(H,41,43)/t27-,29?/m1/s1. The van der Waals surface area contributed by atoms with E-state index in [2.05, 4.69) is 49.3 Å². The molecule has 0 saturated carbocycles. The number of ether oxygens (including phenoxy) is 1. The molecule has 1 aliphatic carbocycles. The molecule has 8 nitrogen and oxygen atoms in total. The molecule has 0 radical (unpaired) electrons. The van der Waals surface area contributed by atoms with Crippen molar-refractivity contribution in [3.63, 3.8) is 0 Å². The molecule has 1 N–H and O–H groups in total. The molecule has 2 aliphatic heterocycles. The Morgan fingerprint density at radius 2 is 1.83 bits per heavy atom. The molecule has 5 aromatic heterocycles. The largest absolute Gasteiger partial charge is 0.381 e. The topological polar surface area (TPSA) is 107 Å². The van der Waals surface area contributed by atoms with Crippen LogP contribution in [0.3, 0.4) is 0 Å². The van der Waals surface area contributed by atoms with Gasteiger partial charge in [-0.3, -0.25) is 15.0 Å². The predicted molar refractivity (Wildman–Crippen MR) is 191 cm³/mol. The average Bonchev–Trinajstić information content (AvgIpc) is 3.78. The van der Waals surface area contributed by atoms with Crippen molar-refractivity contribution < 1.29 is 13.2 Å². The lowest BCUT2D eigenvalue weighted by atomic mass is 9.88. The average molecular weight is 680 g/mol. The molecule has 8 rings (SSSR count). The van der Waals surface area contributed by atoms with Crippen molar-refractivity contribution in [3.05, 3.63) is 83.2 Å². The van der Waals surface area contributed by atoms with Crippen LogP contribution in [0.4, 0.5) is 5.82 Å². The van der Waals surface area contributed by atoms with Crippen LogP contribution in [-0.4, -0.2) is 47.3 Å². The Morgan fingerprint density at radius 1 is 1.00 bits per heavy atom. The molecule has 7 heterocycles. The Hall–Kier alpha value is -3.73. The van der Waals surface area contributed by atoms with Gasteiger partial charge in [-0.05, 0) is 104 Å². The van der Waals surface area contributed by atoms with E-state index in [9.17, 15) is 8.42 Å². The van der Waals surface area contributed by atoms with Crippen molar-refractivity contribution in [1.82, 2.24) is 19.9 Å². The molecule has 0 amide bonds. The van der Waals surface area contributed by atoms with Crippen LogP contribution in [0.25, 0.3) is 31.8 Å². The Morgan fingerprint density at radius 3 is 2.65 bits per heavy atom. The number of hydrogen-bond donors (Lipinski definition) is 1. The van der Waals surface area contributed by atoms with E-state index < -0.39 is 9.84 Å². The number of aryl methyl sites for hydroxylation is 3. The molecule has 0 spiro atoms. The molecule has 0 aromatic carbocycles. The molecule has 10 heteroatoms. The molecule has 3 aliphatic rings. The van der Waals surface area contributed by atoms with Gasteiger partial charge >= 0.3 is 0 Å². The summed E-state index contributed by atoms with van der Waals surface area (Å²) < 4.78 is 35.2. The minimum absolute atomic E-state index is 0.0818. The summed E-state index contributed by atoms with van der Waals surface area (Å²) >= 11 is 1.61. The van der Waals surface area contributed by atoms with Crippen molar-refractivity contribution in [2.24, 2.45) is 11.8 Å². The molecule has 5 aromatic rings. The molecule has 1 saturated heterocycles.